The topological polar surface area (TPSA) is 59.3 Å². The SMILES string of the molecule is Cc1nnc2ccc(C(=O)N[C@H](c3ccc(F)cc3)c3cccs3)cn12. The zero-order valence-electron chi connectivity index (χ0n) is 13.9. The molecule has 0 aliphatic heterocycles. The van der Waals surface area contributed by atoms with Crippen LogP contribution in [0.1, 0.15) is 32.7 Å². The number of rotatable bonds is 4. The maximum absolute atomic E-state index is 13.3. The highest BCUT2D eigenvalue weighted by molar-refractivity contribution is 7.10. The van der Waals surface area contributed by atoms with E-state index in [-0.39, 0.29) is 17.8 Å². The summed E-state index contributed by atoms with van der Waals surface area (Å²) in [6.45, 7) is 1.83. The van der Waals surface area contributed by atoms with Crippen molar-refractivity contribution in [2.75, 3.05) is 0 Å². The van der Waals surface area contributed by atoms with Gasteiger partial charge in [0.1, 0.15) is 11.6 Å². The van der Waals surface area contributed by atoms with E-state index < -0.39 is 0 Å². The molecule has 4 aromatic rings. The summed E-state index contributed by atoms with van der Waals surface area (Å²) in [5, 5.41) is 13.0. The molecule has 130 valence electrons. The Morgan fingerprint density at radius 2 is 1.96 bits per heavy atom. The Balaban J connectivity index is 1.67. The molecule has 0 radical (unpaired) electrons. The second-order valence-electron chi connectivity index (χ2n) is 5.87. The second-order valence-corrected chi connectivity index (χ2v) is 6.85. The van der Waals surface area contributed by atoms with Crippen LogP contribution in [0.5, 0.6) is 0 Å². The van der Waals surface area contributed by atoms with Gasteiger partial charge in [-0.05, 0) is 48.2 Å². The van der Waals surface area contributed by atoms with Gasteiger partial charge in [-0.2, -0.15) is 0 Å². The van der Waals surface area contributed by atoms with E-state index in [0.29, 0.717) is 17.0 Å². The summed E-state index contributed by atoms with van der Waals surface area (Å²) in [6, 6.07) is 13.2. The van der Waals surface area contributed by atoms with E-state index in [0.717, 1.165) is 10.4 Å². The minimum Gasteiger partial charge on any atom is -0.340 e. The minimum absolute atomic E-state index is 0.220. The number of nitrogens with one attached hydrogen (secondary N) is 1. The lowest BCUT2D eigenvalue weighted by Crippen LogP contribution is -2.29. The lowest BCUT2D eigenvalue weighted by Gasteiger charge is -2.18. The summed E-state index contributed by atoms with van der Waals surface area (Å²) in [6.07, 6.45) is 1.72. The molecule has 0 bridgehead atoms. The maximum atomic E-state index is 13.3. The summed E-state index contributed by atoms with van der Waals surface area (Å²) in [7, 11) is 0. The summed E-state index contributed by atoms with van der Waals surface area (Å²) >= 11 is 1.54. The highest BCUT2D eigenvalue weighted by Crippen LogP contribution is 2.26. The molecule has 0 fully saturated rings. The standard InChI is InChI=1S/C19H15FN4OS/c1-12-22-23-17-9-6-14(11-24(12)17)19(25)21-18(16-3-2-10-26-16)13-4-7-15(20)8-5-13/h2-11,18H,1H3,(H,21,25)/t18-/m1/s1. The van der Waals surface area contributed by atoms with Crippen molar-refractivity contribution in [3.63, 3.8) is 0 Å². The van der Waals surface area contributed by atoms with Crippen LogP contribution in [0.2, 0.25) is 0 Å². The van der Waals surface area contributed by atoms with E-state index >= 15 is 0 Å². The Hall–Kier alpha value is -3.06. The first-order valence-electron chi connectivity index (χ1n) is 8.03. The first-order valence-corrected chi connectivity index (χ1v) is 8.91. The number of amides is 1. The van der Waals surface area contributed by atoms with Crippen molar-refractivity contribution >= 4 is 22.9 Å². The zero-order valence-corrected chi connectivity index (χ0v) is 14.7. The van der Waals surface area contributed by atoms with E-state index in [1.54, 1.807) is 34.9 Å². The van der Waals surface area contributed by atoms with Crippen LogP contribution in [0.15, 0.2) is 60.1 Å². The zero-order chi connectivity index (χ0) is 18.1. The van der Waals surface area contributed by atoms with Gasteiger partial charge >= 0.3 is 0 Å². The van der Waals surface area contributed by atoms with Crippen LogP contribution in [-0.2, 0) is 0 Å². The number of halogens is 1. The molecule has 0 saturated carbocycles. The largest absolute Gasteiger partial charge is 0.340 e. The van der Waals surface area contributed by atoms with Gasteiger partial charge < -0.3 is 5.32 Å². The van der Waals surface area contributed by atoms with E-state index in [2.05, 4.69) is 15.5 Å². The maximum Gasteiger partial charge on any atom is 0.253 e. The Morgan fingerprint density at radius 1 is 1.15 bits per heavy atom. The Labute approximate surface area is 153 Å². The van der Waals surface area contributed by atoms with Crippen LogP contribution >= 0.6 is 11.3 Å². The van der Waals surface area contributed by atoms with Gasteiger partial charge in [0.2, 0.25) is 0 Å². The number of pyridine rings is 1. The fourth-order valence-electron chi connectivity index (χ4n) is 2.78. The monoisotopic (exact) mass is 366 g/mol. The first kappa shape index (κ1) is 16.4. The van der Waals surface area contributed by atoms with Gasteiger partial charge in [0.05, 0.1) is 11.6 Å². The lowest BCUT2D eigenvalue weighted by atomic mass is 10.0. The molecule has 5 nitrogen and oxygen atoms in total. The molecule has 3 heterocycles. The number of benzene rings is 1. The molecule has 1 amide bonds. The average Bonchev–Trinajstić information content (AvgIpc) is 3.30. The van der Waals surface area contributed by atoms with Gasteiger partial charge in [-0.1, -0.05) is 18.2 Å². The van der Waals surface area contributed by atoms with Gasteiger partial charge in [-0.25, -0.2) is 4.39 Å². The van der Waals surface area contributed by atoms with Crippen molar-refractivity contribution in [1.82, 2.24) is 19.9 Å². The van der Waals surface area contributed by atoms with E-state index in [4.69, 9.17) is 0 Å². The molecule has 1 N–H and O–H groups in total. The number of aromatic nitrogens is 3. The number of nitrogens with zero attached hydrogens (tertiary/aromatic N) is 3. The van der Waals surface area contributed by atoms with E-state index in [9.17, 15) is 9.18 Å². The van der Waals surface area contributed by atoms with Gasteiger partial charge in [0.25, 0.3) is 5.91 Å². The van der Waals surface area contributed by atoms with E-state index in [1.807, 2.05) is 24.4 Å². The van der Waals surface area contributed by atoms with Crippen LogP contribution in [0, 0.1) is 12.7 Å². The molecule has 0 unspecified atom stereocenters. The molecule has 26 heavy (non-hydrogen) atoms. The molecule has 3 aromatic heterocycles. The molecular weight excluding hydrogens is 351 g/mol. The number of hydrogen-bond acceptors (Lipinski definition) is 4. The Bertz CT molecular complexity index is 1060. The normalized spacial score (nSPS) is 12.2. The highest BCUT2D eigenvalue weighted by atomic mass is 32.1. The number of fused-ring (bicyclic) bond motifs is 1. The molecule has 4 rings (SSSR count). The molecule has 0 aliphatic carbocycles. The number of carbonyl (C=O) groups is 1. The quantitative estimate of drug-likeness (QED) is 0.598. The van der Waals surface area contributed by atoms with Crippen molar-refractivity contribution in [3.05, 3.63) is 87.8 Å². The van der Waals surface area contributed by atoms with Crippen LogP contribution in [-0.4, -0.2) is 20.5 Å². The van der Waals surface area contributed by atoms with Crippen molar-refractivity contribution in [3.8, 4) is 0 Å². The van der Waals surface area contributed by atoms with Gasteiger partial charge in [-0.3, -0.25) is 9.20 Å². The highest BCUT2D eigenvalue weighted by Gasteiger charge is 2.19. The third-order valence-corrected chi connectivity index (χ3v) is 5.08. The molecule has 1 aromatic carbocycles. The Kier molecular flexibility index (Phi) is 4.22. The van der Waals surface area contributed by atoms with Crippen LogP contribution in [0.3, 0.4) is 0 Å². The van der Waals surface area contributed by atoms with Crippen LogP contribution in [0.25, 0.3) is 5.65 Å². The third kappa shape index (κ3) is 3.09. The molecule has 0 saturated heterocycles. The molecule has 1 atom stereocenters. The number of carbonyl (C=O) groups excluding carboxylic acids is 1. The molecular formula is C19H15FN4OS. The van der Waals surface area contributed by atoms with Gasteiger partial charge in [0, 0.05) is 11.1 Å². The molecule has 7 heteroatoms. The minimum atomic E-state index is -0.346. The molecule has 0 aliphatic rings. The first-order chi connectivity index (χ1) is 12.6. The summed E-state index contributed by atoms with van der Waals surface area (Å²) in [4.78, 5) is 13.8. The smallest absolute Gasteiger partial charge is 0.253 e. The van der Waals surface area contributed by atoms with Crippen molar-refractivity contribution in [2.24, 2.45) is 0 Å². The van der Waals surface area contributed by atoms with E-state index in [1.165, 1.54) is 23.5 Å². The summed E-state index contributed by atoms with van der Waals surface area (Å²) in [5.41, 5.74) is 2.01. The predicted molar refractivity (Wildman–Crippen MR) is 97.8 cm³/mol. The second kappa shape index (κ2) is 6.68. The van der Waals surface area contributed by atoms with Crippen LogP contribution in [0.4, 0.5) is 4.39 Å². The lowest BCUT2D eigenvalue weighted by molar-refractivity contribution is 0.0943. The number of thiophene rings is 1. The fraction of sp³-hybridized carbons (Fsp3) is 0.105. The van der Waals surface area contributed by atoms with Crippen molar-refractivity contribution in [1.29, 1.82) is 0 Å². The number of aryl methyl sites for hydroxylation is 1. The summed E-state index contributed by atoms with van der Waals surface area (Å²) < 4.78 is 15.0. The van der Waals surface area contributed by atoms with Gasteiger partial charge in [-0.15, -0.1) is 21.5 Å². The van der Waals surface area contributed by atoms with Gasteiger partial charge in [0.15, 0.2) is 5.65 Å². The fourth-order valence-corrected chi connectivity index (χ4v) is 3.59. The van der Waals surface area contributed by atoms with Crippen LogP contribution < -0.4 is 5.32 Å². The third-order valence-electron chi connectivity index (χ3n) is 4.14. The Morgan fingerprint density at radius 3 is 2.69 bits per heavy atom. The van der Waals surface area contributed by atoms with Crippen molar-refractivity contribution < 1.29 is 9.18 Å². The summed E-state index contributed by atoms with van der Waals surface area (Å²) in [5.74, 6) is 0.184. The predicted octanol–water partition coefficient (Wildman–Crippen LogP) is 3.76. The molecule has 0 spiro atoms. The number of hydrogen-bond donors (Lipinski definition) is 1. The van der Waals surface area contributed by atoms with Crippen molar-refractivity contribution in [2.45, 2.75) is 13.0 Å². The average molecular weight is 366 g/mol.